The van der Waals surface area contributed by atoms with E-state index in [-0.39, 0.29) is 27.2 Å². The molecule has 0 spiro atoms. The molecule has 0 atom stereocenters. The molecule has 0 unspecified atom stereocenters. The predicted octanol–water partition coefficient (Wildman–Crippen LogP) is 2.10. The number of benzene rings is 2. The van der Waals surface area contributed by atoms with Crippen molar-refractivity contribution in [2.24, 2.45) is 0 Å². The lowest BCUT2D eigenvalue weighted by Gasteiger charge is -2.12. The van der Waals surface area contributed by atoms with Crippen LogP contribution in [0.3, 0.4) is 0 Å². The van der Waals surface area contributed by atoms with E-state index in [0.717, 1.165) is 0 Å². The first-order valence-electron chi connectivity index (χ1n) is 8.40. The summed E-state index contributed by atoms with van der Waals surface area (Å²) < 4.78 is 64.9. The first-order valence-corrected chi connectivity index (χ1v) is 11.4. The summed E-state index contributed by atoms with van der Waals surface area (Å²) >= 11 is 0. The Kier molecular flexibility index (Phi) is 6.08. The summed E-state index contributed by atoms with van der Waals surface area (Å²) in [4.78, 5) is 7.48. The largest absolute Gasteiger partial charge is 0.493 e. The maximum absolute atomic E-state index is 12.6. The van der Waals surface area contributed by atoms with Crippen molar-refractivity contribution in [2.75, 3.05) is 23.7 Å². The standard InChI is InChI=1S/C18H18N4O6S2/c1-27-16-9-8-15(12-17(16)28-2)30(25,26)21-13-4-6-14(7-5-13)29(23,24)22-18-19-10-3-11-20-18/h3-12,21H,1-2H3,(H,19,20,22). The number of nitrogens with one attached hydrogen (secondary N) is 2. The SMILES string of the molecule is COc1ccc(S(=O)(=O)Nc2ccc(S(=O)(=O)Nc3ncccn3)cc2)cc1OC. The van der Waals surface area contributed by atoms with Crippen LogP contribution in [-0.4, -0.2) is 41.0 Å². The van der Waals surface area contributed by atoms with Gasteiger partial charge in [-0.15, -0.1) is 0 Å². The van der Waals surface area contributed by atoms with Gasteiger partial charge in [0.05, 0.1) is 24.0 Å². The lowest BCUT2D eigenvalue weighted by Crippen LogP contribution is -2.15. The molecule has 0 saturated carbocycles. The summed E-state index contributed by atoms with van der Waals surface area (Å²) in [5, 5.41) is 0. The molecule has 0 aliphatic carbocycles. The third-order valence-electron chi connectivity index (χ3n) is 3.87. The fourth-order valence-corrected chi connectivity index (χ4v) is 4.46. The highest BCUT2D eigenvalue weighted by atomic mass is 32.2. The summed E-state index contributed by atoms with van der Waals surface area (Å²) in [5.41, 5.74) is 0.180. The molecule has 0 bridgehead atoms. The van der Waals surface area contributed by atoms with E-state index >= 15 is 0 Å². The molecule has 0 saturated heterocycles. The van der Waals surface area contributed by atoms with Crippen molar-refractivity contribution in [2.45, 2.75) is 9.79 Å². The van der Waals surface area contributed by atoms with Crippen LogP contribution in [0, 0.1) is 0 Å². The van der Waals surface area contributed by atoms with Gasteiger partial charge >= 0.3 is 0 Å². The van der Waals surface area contributed by atoms with Crippen LogP contribution < -0.4 is 18.9 Å². The quantitative estimate of drug-likeness (QED) is 0.532. The Hall–Kier alpha value is -3.38. The molecule has 1 heterocycles. The molecule has 0 aliphatic rings. The van der Waals surface area contributed by atoms with Crippen LogP contribution in [0.25, 0.3) is 0 Å². The van der Waals surface area contributed by atoms with Crippen LogP contribution in [0.1, 0.15) is 0 Å². The molecule has 0 aliphatic heterocycles. The first-order chi connectivity index (χ1) is 14.2. The summed E-state index contributed by atoms with van der Waals surface area (Å²) in [5.74, 6) is 0.577. The lowest BCUT2D eigenvalue weighted by atomic mass is 10.3. The zero-order valence-electron chi connectivity index (χ0n) is 15.9. The Morgan fingerprint density at radius 3 is 1.90 bits per heavy atom. The van der Waals surface area contributed by atoms with E-state index in [9.17, 15) is 16.8 Å². The number of hydrogen-bond donors (Lipinski definition) is 2. The number of nitrogens with zero attached hydrogens (tertiary/aromatic N) is 2. The Labute approximate surface area is 174 Å². The molecular formula is C18H18N4O6S2. The molecule has 12 heteroatoms. The Balaban J connectivity index is 1.79. The molecule has 0 radical (unpaired) electrons. The van der Waals surface area contributed by atoms with Gasteiger partial charge in [-0.1, -0.05) is 0 Å². The highest BCUT2D eigenvalue weighted by Gasteiger charge is 2.19. The number of rotatable bonds is 8. The molecule has 3 aromatic rings. The Morgan fingerprint density at radius 2 is 1.30 bits per heavy atom. The second-order valence-electron chi connectivity index (χ2n) is 5.82. The number of sulfonamides is 2. The van der Waals surface area contributed by atoms with Crippen LogP contribution in [0.15, 0.2) is 70.7 Å². The number of anilines is 2. The number of methoxy groups -OCH3 is 2. The molecule has 1 aromatic heterocycles. The van der Waals surface area contributed by atoms with Crippen molar-refractivity contribution >= 4 is 31.7 Å². The molecule has 2 aromatic carbocycles. The molecule has 30 heavy (non-hydrogen) atoms. The topological polar surface area (TPSA) is 137 Å². The highest BCUT2D eigenvalue weighted by molar-refractivity contribution is 7.93. The van der Waals surface area contributed by atoms with Crippen LogP contribution in [0.4, 0.5) is 11.6 Å². The molecule has 10 nitrogen and oxygen atoms in total. The van der Waals surface area contributed by atoms with E-state index < -0.39 is 20.0 Å². The second kappa shape index (κ2) is 8.55. The molecular weight excluding hydrogens is 432 g/mol. The van der Waals surface area contributed by atoms with Crippen molar-refractivity contribution in [3.63, 3.8) is 0 Å². The summed E-state index contributed by atoms with van der Waals surface area (Å²) in [6.07, 6.45) is 2.80. The minimum Gasteiger partial charge on any atom is -0.493 e. The molecule has 158 valence electrons. The lowest BCUT2D eigenvalue weighted by molar-refractivity contribution is 0.354. The van der Waals surface area contributed by atoms with Crippen molar-refractivity contribution in [3.05, 3.63) is 60.9 Å². The minimum atomic E-state index is -3.94. The number of ether oxygens (including phenoxy) is 2. The van der Waals surface area contributed by atoms with Crippen molar-refractivity contribution < 1.29 is 26.3 Å². The van der Waals surface area contributed by atoms with Crippen molar-refractivity contribution in [1.29, 1.82) is 0 Å². The summed E-state index contributed by atoms with van der Waals surface area (Å²) in [7, 11) is -5.02. The number of aromatic nitrogens is 2. The Bertz CT molecular complexity index is 1230. The van der Waals surface area contributed by atoms with E-state index in [4.69, 9.17) is 9.47 Å². The molecule has 0 fully saturated rings. The van der Waals surface area contributed by atoms with Gasteiger partial charge in [0.25, 0.3) is 20.0 Å². The van der Waals surface area contributed by atoms with Gasteiger partial charge in [-0.3, -0.25) is 4.72 Å². The zero-order chi connectivity index (χ0) is 21.8. The Morgan fingerprint density at radius 1 is 0.733 bits per heavy atom. The van der Waals surface area contributed by atoms with Gasteiger partial charge in [-0.05, 0) is 42.5 Å². The maximum Gasteiger partial charge on any atom is 0.264 e. The highest BCUT2D eigenvalue weighted by Crippen LogP contribution is 2.30. The predicted molar refractivity (Wildman–Crippen MR) is 110 cm³/mol. The van der Waals surface area contributed by atoms with Crippen LogP contribution in [0.5, 0.6) is 11.5 Å². The van der Waals surface area contributed by atoms with Gasteiger partial charge in [0.2, 0.25) is 5.95 Å². The molecule has 0 amide bonds. The van der Waals surface area contributed by atoms with Crippen LogP contribution in [-0.2, 0) is 20.0 Å². The maximum atomic E-state index is 12.6. The van der Waals surface area contributed by atoms with Crippen LogP contribution in [0.2, 0.25) is 0 Å². The normalized spacial score (nSPS) is 11.5. The van der Waals surface area contributed by atoms with Crippen molar-refractivity contribution in [1.82, 2.24) is 9.97 Å². The number of hydrogen-bond acceptors (Lipinski definition) is 8. The fraction of sp³-hybridized carbons (Fsp3) is 0.111. The third kappa shape index (κ3) is 4.78. The van der Waals surface area contributed by atoms with Gasteiger partial charge in [0.15, 0.2) is 11.5 Å². The van der Waals surface area contributed by atoms with Gasteiger partial charge in [-0.25, -0.2) is 31.5 Å². The summed E-state index contributed by atoms with van der Waals surface area (Å²) in [6, 6.07) is 10.9. The van der Waals surface area contributed by atoms with E-state index in [1.54, 1.807) is 6.07 Å². The minimum absolute atomic E-state index is 0.0419. The average Bonchev–Trinajstić information content (AvgIpc) is 2.73. The smallest absolute Gasteiger partial charge is 0.264 e. The van der Waals surface area contributed by atoms with E-state index in [1.165, 1.54) is 69.1 Å². The van der Waals surface area contributed by atoms with Crippen molar-refractivity contribution in [3.8, 4) is 11.5 Å². The van der Waals surface area contributed by atoms with Gasteiger partial charge < -0.3 is 9.47 Å². The zero-order valence-corrected chi connectivity index (χ0v) is 17.6. The van der Waals surface area contributed by atoms with E-state index in [2.05, 4.69) is 19.4 Å². The monoisotopic (exact) mass is 450 g/mol. The van der Waals surface area contributed by atoms with Gasteiger partial charge in [-0.2, -0.15) is 0 Å². The van der Waals surface area contributed by atoms with Gasteiger partial charge in [0, 0.05) is 24.1 Å². The van der Waals surface area contributed by atoms with E-state index in [0.29, 0.717) is 5.75 Å². The first kappa shape index (κ1) is 21.3. The average molecular weight is 450 g/mol. The van der Waals surface area contributed by atoms with E-state index in [1.807, 2.05) is 0 Å². The second-order valence-corrected chi connectivity index (χ2v) is 9.19. The van der Waals surface area contributed by atoms with Crippen LogP contribution >= 0.6 is 0 Å². The molecule has 3 rings (SSSR count). The summed E-state index contributed by atoms with van der Waals surface area (Å²) in [6.45, 7) is 0. The third-order valence-corrected chi connectivity index (χ3v) is 6.60. The fourth-order valence-electron chi connectivity index (χ4n) is 2.43. The molecule has 2 N–H and O–H groups in total. The van der Waals surface area contributed by atoms with Gasteiger partial charge in [0.1, 0.15) is 0 Å².